The molecule has 0 aromatic carbocycles. The first-order chi connectivity index (χ1) is 8.94. The van der Waals surface area contributed by atoms with Crippen LogP contribution in [0.2, 0.25) is 5.02 Å². The maximum absolute atomic E-state index is 12.3. The van der Waals surface area contributed by atoms with Crippen LogP contribution >= 0.6 is 11.6 Å². The molecule has 1 aromatic rings. The van der Waals surface area contributed by atoms with Gasteiger partial charge in [0.1, 0.15) is 0 Å². The van der Waals surface area contributed by atoms with E-state index in [1.165, 1.54) is 10.9 Å². The molecule has 6 nitrogen and oxygen atoms in total. The molecule has 1 fully saturated rings. The monoisotopic (exact) mass is 306 g/mol. The molecule has 8 heteroatoms. The van der Waals surface area contributed by atoms with Gasteiger partial charge in [-0.05, 0) is 32.7 Å². The van der Waals surface area contributed by atoms with E-state index >= 15 is 0 Å². The second kappa shape index (κ2) is 5.78. The molecule has 0 unspecified atom stereocenters. The normalized spacial score (nSPS) is 24.6. The molecule has 1 aliphatic carbocycles. The summed E-state index contributed by atoms with van der Waals surface area (Å²) in [6, 6.07) is 0.460. The molecule has 0 atom stereocenters. The maximum Gasteiger partial charge on any atom is 0.259 e. The summed E-state index contributed by atoms with van der Waals surface area (Å²) in [5, 5.41) is 7.26. The number of nitrogens with one attached hydrogen (secondary N) is 2. The van der Waals surface area contributed by atoms with Crippen molar-refractivity contribution in [3.05, 3.63) is 11.2 Å². The SMILES string of the molecule is CNC1CCC(NS(=O)(=O)c2c(Cl)cnn2C)CC1. The average Bonchev–Trinajstić information content (AvgIpc) is 2.70. The third kappa shape index (κ3) is 3.28. The predicted octanol–water partition coefficient (Wildman–Crippen LogP) is 0.882. The highest BCUT2D eigenvalue weighted by Gasteiger charge is 2.28. The number of aryl methyl sites for hydroxylation is 1. The van der Waals surface area contributed by atoms with Gasteiger partial charge in [-0.3, -0.25) is 4.68 Å². The minimum Gasteiger partial charge on any atom is -0.317 e. The van der Waals surface area contributed by atoms with Crippen LogP contribution in [-0.2, 0) is 17.1 Å². The predicted molar refractivity (Wildman–Crippen MR) is 73.6 cm³/mol. The number of rotatable bonds is 4. The van der Waals surface area contributed by atoms with Gasteiger partial charge in [0.05, 0.1) is 11.2 Å². The van der Waals surface area contributed by atoms with Crippen LogP contribution in [0.5, 0.6) is 0 Å². The quantitative estimate of drug-likeness (QED) is 0.866. The first-order valence-electron chi connectivity index (χ1n) is 6.31. The number of sulfonamides is 1. The Balaban J connectivity index is 2.07. The lowest BCUT2D eigenvalue weighted by Crippen LogP contribution is -2.41. The molecule has 0 amide bonds. The lowest BCUT2D eigenvalue weighted by Gasteiger charge is -2.28. The van der Waals surface area contributed by atoms with Crippen molar-refractivity contribution >= 4 is 21.6 Å². The summed E-state index contributed by atoms with van der Waals surface area (Å²) in [4.78, 5) is 0. The van der Waals surface area contributed by atoms with Crippen molar-refractivity contribution in [2.75, 3.05) is 7.05 Å². The second-order valence-electron chi connectivity index (χ2n) is 4.88. The second-order valence-corrected chi connectivity index (χ2v) is 6.92. The van der Waals surface area contributed by atoms with Gasteiger partial charge in [0.25, 0.3) is 10.0 Å². The summed E-state index contributed by atoms with van der Waals surface area (Å²) in [6.07, 6.45) is 4.96. The molecule has 2 rings (SSSR count). The zero-order valence-electron chi connectivity index (χ0n) is 11.1. The molecule has 0 spiro atoms. The first kappa shape index (κ1) is 14.8. The summed E-state index contributed by atoms with van der Waals surface area (Å²) in [5.41, 5.74) is 0. The number of halogens is 1. The van der Waals surface area contributed by atoms with Crippen molar-refractivity contribution < 1.29 is 8.42 Å². The molecule has 2 N–H and O–H groups in total. The van der Waals surface area contributed by atoms with E-state index in [-0.39, 0.29) is 16.1 Å². The van der Waals surface area contributed by atoms with E-state index < -0.39 is 10.0 Å². The van der Waals surface area contributed by atoms with Gasteiger partial charge in [-0.2, -0.15) is 5.10 Å². The van der Waals surface area contributed by atoms with E-state index in [4.69, 9.17) is 11.6 Å². The summed E-state index contributed by atoms with van der Waals surface area (Å²) in [5.74, 6) is 0. The molecule has 0 aliphatic heterocycles. The van der Waals surface area contributed by atoms with Crippen molar-refractivity contribution in [2.24, 2.45) is 7.05 Å². The molecule has 1 aliphatic rings. The van der Waals surface area contributed by atoms with Crippen molar-refractivity contribution in [3.8, 4) is 0 Å². The summed E-state index contributed by atoms with van der Waals surface area (Å²) in [6.45, 7) is 0. The molecule has 0 radical (unpaired) electrons. The van der Waals surface area contributed by atoms with E-state index in [0.29, 0.717) is 6.04 Å². The minimum absolute atomic E-state index is 0.0273. The summed E-state index contributed by atoms with van der Waals surface area (Å²) < 4.78 is 28.6. The highest BCUT2D eigenvalue weighted by Crippen LogP contribution is 2.23. The summed E-state index contributed by atoms with van der Waals surface area (Å²) in [7, 11) is -0.101. The van der Waals surface area contributed by atoms with Gasteiger partial charge in [0.2, 0.25) is 0 Å². The van der Waals surface area contributed by atoms with Crippen molar-refractivity contribution in [2.45, 2.75) is 42.8 Å². The zero-order chi connectivity index (χ0) is 14.0. The summed E-state index contributed by atoms with van der Waals surface area (Å²) >= 11 is 5.88. The van der Waals surface area contributed by atoms with Gasteiger partial charge in [0, 0.05) is 19.1 Å². The van der Waals surface area contributed by atoms with E-state index in [1.54, 1.807) is 7.05 Å². The van der Waals surface area contributed by atoms with E-state index in [1.807, 2.05) is 7.05 Å². The zero-order valence-corrected chi connectivity index (χ0v) is 12.6. The van der Waals surface area contributed by atoms with E-state index in [0.717, 1.165) is 25.7 Å². The number of aromatic nitrogens is 2. The molecule has 0 saturated heterocycles. The molecule has 108 valence electrons. The maximum atomic E-state index is 12.3. The van der Waals surface area contributed by atoms with Gasteiger partial charge < -0.3 is 5.32 Å². The lowest BCUT2D eigenvalue weighted by atomic mass is 9.92. The average molecular weight is 307 g/mol. The molecule has 0 bridgehead atoms. The minimum atomic E-state index is -3.60. The number of nitrogens with zero attached hydrogens (tertiary/aromatic N) is 2. The third-order valence-corrected chi connectivity index (χ3v) is 5.58. The van der Waals surface area contributed by atoms with Crippen LogP contribution in [0.15, 0.2) is 11.2 Å². The molecule has 19 heavy (non-hydrogen) atoms. The lowest BCUT2D eigenvalue weighted by molar-refractivity contribution is 0.342. The topological polar surface area (TPSA) is 76.0 Å². The van der Waals surface area contributed by atoms with E-state index in [9.17, 15) is 8.42 Å². The Labute approximate surface area is 118 Å². The van der Waals surface area contributed by atoms with Crippen molar-refractivity contribution in [3.63, 3.8) is 0 Å². The van der Waals surface area contributed by atoms with Gasteiger partial charge >= 0.3 is 0 Å². The Kier molecular flexibility index (Phi) is 4.50. The van der Waals surface area contributed by atoms with E-state index in [2.05, 4.69) is 15.1 Å². The van der Waals surface area contributed by atoms with Gasteiger partial charge in [0.15, 0.2) is 5.03 Å². The molecule has 1 aromatic heterocycles. The smallest absolute Gasteiger partial charge is 0.259 e. The van der Waals surface area contributed by atoms with Crippen LogP contribution in [0, 0.1) is 0 Å². The first-order valence-corrected chi connectivity index (χ1v) is 8.17. The molecule has 1 heterocycles. The Bertz CT molecular complexity index is 515. The molecular formula is C11H19ClN4O2S. The Morgan fingerprint density at radius 1 is 1.32 bits per heavy atom. The fourth-order valence-corrected chi connectivity index (χ4v) is 4.44. The van der Waals surface area contributed by atoms with Crippen molar-refractivity contribution in [1.82, 2.24) is 19.8 Å². The third-order valence-electron chi connectivity index (χ3n) is 3.55. The van der Waals surface area contributed by atoms with Crippen LogP contribution in [0.4, 0.5) is 0 Å². The highest BCUT2D eigenvalue weighted by molar-refractivity contribution is 7.89. The van der Waals surface area contributed by atoms with Gasteiger partial charge in [-0.15, -0.1) is 0 Å². The highest BCUT2D eigenvalue weighted by atomic mass is 35.5. The Hall–Kier alpha value is -0.630. The largest absolute Gasteiger partial charge is 0.317 e. The standard InChI is InChI=1S/C11H19ClN4O2S/c1-13-8-3-5-9(6-4-8)15-19(17,18)11-10(12)7-14-16(11)2/h7-9,13,15H,3-6H2,1-2H3. The van der Waals surface area contributed by atoms with Crippen molar-refractivity contribution in [1.29, 1.82) is 0 Å². The van der Waals surface area contributed by atoms with Crippen LogP contribution < -0.4 is 10.0 Å². The molecular weight excluding hydrogens is 288 g/mol. The van der Waals surface area contributed by atoms with Crippen LogP contribution in [-0.4, -0.2) is 37.3 Å². The number of hydrogen-bond acceptors (Lipinski definition) is 4. The fraction of sp³-hybridized carbons (Fsp3) is 0.727. The Morgan fingerprint density at radius 2 is 1.89 bits per heavy atom. The van der Waals surface area contributed by atoms with Gasteiger partial charge in [-0.1, -0.05) is 11.6 Å². The van der Waals surface area contributed by atoms with Crippen LogP contribution in [0.3, 0.4) is 0 Å². The number of hydrogen-bond donors (Lipinski definition) is 2. The Morgan fingerprint density at radius 3 is 2.37 bits per heavy atom. The van der Waals surface area contributed by atoms with Crippen LogP contribution in [0.25, 0.3) is 0 Å². The fourth-order valence-electron chi connectivity index (χ4n) is 2.48. The van der Waals surface area contributed by atoms with Gasteiger partial charge in [-0.25, -0.2) is 13.1 Å². The molecule has 1 saturated carbocycles. The van der Waals surface area contributed by atoms with Crippen LogP contribution in [0.1, 0.15) is 25.7 Å².